The molecule has 2 rings (SSSR count). The maximum absolute atomic E-state index is 5.45. The van der Waals surface area contributed by atoms with E-state index >= 15 is 0 Å². The maximum Gasteiger partial charge on any atom is 0.0537 e. The van der Waals surface area contributed by atoms with E-state index in [2.05, 4.69) is 17.3 Å². The Morgan fingerprint density at radius 3 is 3.12 bits per heavy atom. The molecule has 1 aliphatic rings. The van der Waals surface area contributed by atoms with Crippen LogP contribution < -0.4 is 5.32 Å². The van der Waals surface area contributed by atoms with Crippen LogP contribution >= 0.6 is 0 Å². The molecule has 1 aromatic rings. The molecule has 4 nitrogen and oxygen atoms in total. The number of ether oxygens (including phenoxy) is 1. The summed E-state index contributed by atoms with van der Waals surface area (Å²) in [5, 5.41) is 7.85. The average Bonchev–Trinajstić information content (AvgIpc) is 2.53. The van der Waals surface area contributed by atoms with E-state index in [-0.39, 0.29) is 0 Å². The summed E-state index contributed by atoms with van der Waals surface area (Å²) in [6, 6.07) is 0.599. The van der Waals surface area contributed by atoms with Gasteiger partial charge in [0.05, 0.1) is 6.20 Å². The predicted octanol–water partition coefficient (Wildman–Crippen LogP) is 1.39. The van der Waals surface area contributed by atoms with Crippen LogP contribution in [0.2, 0.25) is 0 Å². The highest BCUT2D eigenvalue weighted by Gasteiger charge is 2.12. The summed E-state index contributed by atoms with van der Waals surface area (Å²) >= 11 is 0. The highest BCUT2D eigenvalue weighted by Crippen LogP contribution is 2.10. The van der Waals surface area contributed by atoms with Crippen LogP contribution in [-0.2, 0) is 18.3 Å². The van der Waals surface area contributed by atoms with Crippen molar-refractivity contribution in [3.8, 4) is 0 Å². The minimum atomic E-state index is 0.599. The van der Waals surface area contributed by atoms with E-state index < -0.39 is 0 Å². The third-order valence-corrected chi connectivity index (χ3v) is 3.37. The summed E-state index contributed by atoms with van der Waals surface area (Å²) in [4.78, 5) is 0. The van der Waals surface area contributed by atoms with Gasteiger partial charge < -0.3 is 10.1 Å². The first-order valence-electron chi connectivity index (χ1n) is 6.06. The number of rotatable bonds is 3. The first-order chi connectivity index (χ1) is 7.77. The van der Waals surface area contributed by atoms with Crippen LogP contribution in [0.15, 0.2) is 6.20 Å². The lowest BCUT2D eigenvalue weighted by Gasteiger charge is -2.15. The van der Waals surface area contributed by atoms with E-state index in [0.29, 0.717) is 6.04 Å². The zero-order chi connectivity index (χ0) is 11.4. The van der Waals surface area contributed by atoms with Crippen LogP contribution in [-0.4, -0.2) is 29.0 Å². The Morgan fingerprint density at radius 2 is 2.38 bits per heavy atom. The van der Waals surface area contributed by atoms with Gasteiger partial charge in [-0.15, -0.1) is 0 Å². The lowest BCUT2D eigenvalue weighted by Crippen LogP contribution is -2.28. The summed E-state index contributed by atoms with van der Waals surface area (Å²) in [6.07, 6.45) is 5.47. The van der Waals surface area contributed by atoms with Gasteiger partial charge in [-0.25, -0.2) is 0 Å². The molecule has 0 radical (unpaired) electrons. The first kappa shape index (κ1) is 11.6. The van der Waals surface area contributed by atoms with Crippen molar-refractivity contribution >= 4 is 0 Å². The van der Waals surface area contributed by atoms with Crippen LogP contribution in [0.5, 0.6) is 0 Å². The second kappa shape index (κ2) is 5.46. The van der Waals surface area contributed by atoms with Crippen molar-refractivity contribution in [1.29, 1.82) is 0 Å². The molecule has 1 unspecified atom stereocenters. The molecule has 1 saturated heterocycles. The Labute approximate surface area is 97.0 Å². The molecule has 16 heavy (non-hydrogen) atoms. The van der Waals surface area contributed by atoms with Crippen LogP contribution in [0.1, 0.15) is 30.5 Å². The van der Waals surface area contributed by atoms with Gasteiger partial charge in [0.2, 0.25) is 0 Å². The quantitative estimate of drug-likeness (QED) is 0.841. The van der Waals surface area contributed by atoms with Crippen molar-refractivity contribution in [2.75, 3.05) is 13.2 Å². The van der Waals surface area contributed by atoms with Gasteiger partial charge in [0.1, 0.15) is 0 Å². The molecule has 1 atom stereocenters. The number of aromatic nitrogens is 2. The Kier molecular flexibility index (Phi) is 3.96. The SMILES string of the molecule is Cc1c(CNC2CCCOCC2)cnn1C. The Balaban J connectivity index is 1.84. The summed E-state index contributed by atoms with van der Waals surface area (Å²) in [6.45, 7) is 4.85. The monoisotopic (exact) mass is 223 g/mol. The fourth-order valence-corrected chi connectivity index (χ4v) is 2.08. The molecule has 1 N–H and O–H groups in total. The molecular formula is C12H21N3O. The number of nitrogens with one attached hydrogen (secondary N) is 1. The minimum Gasteiger partial charge on any atom is -0.381 e. The molecule has 0 bridgehead atoms. The summed E-state index contributed by atoms with van der Waals surface area (Å²) in [5.74, 6) is 0. The van der Waals surface area contributed by atoms with Crippen LogP contribution in [0.25, 0.3) is 0 Å². The molecule has 1 fully saturated rings. The predicted molar refractivity (Wildman–Crippen MR) is 63.2 cm³/mol. The first-order valence-corrected chi connectivity index (χ1v) is 6.06. The highest BCUT2D eigenvalue weighted by atomic mass is 16.5. The number of aryl methyl sites for hydroxylation is 1. The lowest BCUT2D eigenvalue weighted by molar-refractivity contribution is 0.142. The van der Waals surface area contributed by atoms with E-state index in [1.165, 1.54) is 24.1 Å². The maximum atomic E-state index is 5.45. The second-order valence-electron chi connectivity index (χ2n) is 4.50. The number of hydrogen-bond acceptors (Lipinski definition) is 3. The van der Waals surface area contributed by atoms with Gasteiger partial charge in [0, 0.05) is 44.1 Å². The van der Waals surface area contributed by atoms with Gasteiger partial charge in [-0.2, -0.15) is 5.10 Å². The average molecular weight is 223 g/mol. The molecule has 2 heterocycles. The minimum absolute atomic E-state index is 0.599. The summed E-state index contributed by atoms with van der Waals surface area (Å²) in [7, 11) is 1.98. The zero-order valence-electron chi connectivity index (χ0n) is 10.2. The normalized spacial score (nSPS) is 22.0. The van der Waals surface area contributed by atoms with E-state index in [1.54, 1.807) is 0 Å². The molecule has 0 spiro atoms. The molecular weight excluding hydrogens is 202 g/mol. The molecule has 1 aliphatic heterocycles. The molecule has 0 amide bonds. The van der Waals surface area contributed by atoms with Crippen LogP contribution in [0.3, 0.4) is 0 Å². The van der Waals surface area contributed by atoms with Crippen LogP contribution in [0, 0.1) is 6.92 Å². The fourth-order valence-electron chi connectivity index (χ4n) is 2.08. The van der Waals surface area contributed by atoms with Gasteiger partial charge in [0.25, 0.3) is 0 Å². The van der Waals surface area contributed by atoms with Crippen LogP contribution in [0.4, 0.5) is 0 Å². The van der Waals surface area contributed by atoms with Crippen molar-refractivity contribution in [2.24, 2.45) is 7.05 Å². The van der Waals surface area contributed by atoms with Crippen molar-refractivity contribution in [3.05, 3.63) is 17.5 Å². The second-order valence-corrected chi connectivity index (χ2v) is 4.50. The molecule has 90 valence electrons. The fraction of sp³-hybridized carbons (Fsp3) is 0.750. The summed E-state index contributed by atoms with van der Waals surface area (Å²) < 4.78 is 7.37. The third-order valence-electron chi connectivity index (χ3n) is 3.37. The largest absolute Gasteiger partial charge is 0.381 e. The number of nitrogens with zero attached hydrogens (tertiary/aromatic N) is 2. The van der Waals surface area contributed by atoms with Gasteiger partial charge in [-0.3, -0.25) is 4.68 Å². The zero-order valence-corrected chi connectivity index (χ0v) is 10.2. The van der Waals surface area contributed by atoms with Gasteiger partial charge in [-0.1, -0.05) is 0 Å². The van der Waals surface area contributed by atoms with E-state index in [4.69, 9.17) is 4.74 Å². The Hall–Kier alpha value is -0.870. The highest BCUT2D eigenvalue weighted by molar-refractivity contribution is 5.15. The lowest BCUT2D eigenvalue weighted by atomic mass is 10.1. The standard InChI is InChI=1S/C12H21N3O/c1-10-11(9-14-15(10)2)8-13-12-4-3-6-16-7-5-12/h9,12-13H,3-8H2,1-2H3. The van der Waals surface area contributed by atoms with Gasteiger partial charge >= 0.3 is 0 Å². The van der Waals surface area contributed by atoms with Crippen molar-refractivity contribution in [1.82, 2.24) is 15.1 Å². The Bertz CT molecular complexity index is 327. The van der Waals surface area contributed by atoms with E-state index in [0.717, 1.165) is 26.2 Å². The van der Waals surface area contributed by atoms with Crippen molar-refractivity contribution in [3.63, 3.8) is 0 Å². The molecule has 0 saturated carbocycles. The third kappa shape index (κ3) is 2.83. The molecule has 1 aromatic heterocycles. The summed E-state index contributed by atoms with van der Waals surface area (Å²) in [5.41, 5.74) is 2.55. The van der Waals surface area contributed by atoms with E-state index in [1.807, 2.05) is 17.9 Å². The van der Waals surface area contributed by atoms with Crippen molar-refractivity contribution in [2.45, 2.75) is 38.8 Å². The smallest absolute Gasteiger partial charge is 0.0537 e. The molecule has 4 heteroatoms. The van der Waals surface area contributed by atoms with Gasteiger partial charge in [-0.05, 0) is 26.2 Å². The topological polar surface area (TPSA) is 39.1 Å². The van der Waals surface area contributed by atoms with Gasteiger partial charge in [0.15, 0.2) is 0 Å². The van der Waals surface area contributed by atoms with Crippen molar-refractivity contribution < 1.29 is 4.74 Å². The van der Waals surface area contributed by atoms with E-state index in [9.17, 15) is 0 Å². The number of hydrogen-bond donors (Lipinski definition) is 1. The molecule has 0 aromatic carbocycles. The Morgan fingerprint density at radius 1 is 1.50 bits per heavy atom. The molecule has 0 aliphatic carbocycles.